The number of hydrogen-bond donors (Lipinski definition) is 0. The van der Waals surface area contributed by atoms with Crippen molar-refractivity contribution >= 4 is 65.2 Å². The molecule has 0 fully saturated rings. The van der Waals surface area contributed by atoms with E-state index < -0.39 is 0 Å². The van der Waals surface area contributed by atoms with Gasteiger partial charge in [-0.25, -0.2) is 0 Å². The molecule has 0 unspecified atom stereocenters. The second kappa shape index (κ2) is 12.1. The lowest BCUT2D eigenvalue weighted by atomic mass is 9.95. The molecule has 0 atom stereocenters. The molecule has 0 aliphatic rings. The second-order valence-corrected chi connectivity index (χ2v) is 14.0. The summed E-state index contributed by atoms with van der Waals surface area (Å²) in [7, 11) is 0. The molecule has 0 bridgehead atoms. The zero-order chi connectivity index (χ0) is 35.6. The molecular formula is C50H30N4. The van der Waals surface area contributed by atoms with Crippen LogP contribution in [-0.4, -0.2) is 19.9 Å². The smallest absolute Gasteiger partial charge is 0.0965 e. The first-order chi connectivity index (χ1) is 26.7. The Balaban J connectivity index is 0.904. The van der Waals surface area contributed by atoms with E-state index in [0.29, 0.717) is 0 Å². The molecular weight excluding hydrogens is 657 g/mol. The van der Waals surface area contributed by atoms with Crippen LogP contribution in [0, 0.1) is 0 Å². The minimum atomic E-state index is 0.919. The van der Waals surface area contributed by atoms with Crippen LogP contribution in [0.1, 0.15) is 0 Å². The molecule has 4 nitrogen and oxygen atoms in total. The third kappa shape index (κ3) is 5.07. The van der Waals surface area contributed by atoms with E-state index in [1.54, 1.807) is 0 Å². The number of fused-ring (bicyclic) bond motifs is 9. The number of rotatable bonds is 4. The lowest BCUT2D eigenvalue weighted by Crippen LogP contribution is -1.89. The average molecular weight is 687 g/mol. The Kier molecular flexibility index (Phi) is 6.82. The van der Waals surface area contributed by atoms with Gasteiger partial charge in [0.25, 0.3) is 0 Å². The molecule has 0 N–H and O–H groups in total. The Hall–Kier alpha value is -7.30. The second-order valence-electron chi connectivity index (χ2n) is 14.0. The number of benzene rings is 7. The summed E-state index contributed by atoms with van der Waals surface area (Å²) < 4.78 is 0. The molecule has 54 heavy (non-hydrogen) atoms. The van der Waals surface area contributed by atoms with Crippen molar-refractivity contribution in [3.05, 3.63) is 183 Å². The van der Waals surface area contributed by atoms with Crippen molar-refractivity contribution in [2.24, 2.45) is 0 Å². The summed E-state index contributed by atoms with van der Waals surface area (Å²) in [4.78, 5) is 19.6. The minimum Gasteiger partial charge on any atom is -0.253 e. The first-order valence-electron chi connectivity index (χ1n) is 18.2. The molecule has 4 heterocycles. The van der Waals surface area contributed by atoms with Gasteiger partial charge >= 0.3 is 0 Å². The summed E-state index contributed by atoms with van der Waals surface area (Å²) in [5.41, 5.74) is 12.7. The summed E-state index contributed by atoms with van der Waals surface area (Å²) in [6, 6.07) is 56.1. The summed E-state index contributed by atoms with van der Waals surface area (Å²) in [6.07, 6.45) is 7.84. The highest BCUT2D eigenvalue weighted by molar-refractivity contribution is 6.10. The molecule has 4 heteroatoms. The van der Waals surface area contributed by atoms with E-state index in [-0.39, 0.29) is 0 Å². The third-order valence-electron chi connectivity index (χ3n) is 10.7. The van der Waals surface area contributed by atoms with E-state index >= 15 is 0 Å². The molecule has 0 aliphatic carbocycles. The van der Waals surface area contributed by atoms with Gasteiger partial charge in [-0.2, -0.15) is 0 Å². The molecule has 0 saturated carbocycles. The molecule has 0 saturated heterocycles. The molecule has 7 aromatic carbocycles. The highest BCUT2D eigenvalue weighted by Crippen LogP contribution is 2.35. The van der Waals surface area contributed by atoms with Crippen LogP contribution in [-0.2, 0) is 0 Å². The number of pyridine rings is 4. The molecule has 250 valence electrons. The largest absolute Gasteiger partial charge is 0.253 e. The molecule has 0 spiro atoms. The Morgan fingerprint density at radius 1 is 0.222 bits per heavy atom. The van der Waals surface area contributed by atoms with Crippen molar-refractivity contribution in [3.8, 4) is 44.5 Å². The SMILES string of the molecule is c1ccc(-c2cnc3c(ccc4cc(-c5ccc6c(ccc7cc(-c8cnc9c(ccc%10cc(-c%11ccccc%11)cnc%109)c8)ccc76)c5)cnc43)c2)cc1. The van der Waals surface area contributed by atoms with Crippen LogP contribution in [0.25, 0.3) is 110 Å². The van der Waals surface area contributed by atoms with Crippen LogP contribution in [0.5, 0.6) is 0 Å². The highest BCUT2D eigenvalue weighted by atomic mass is 14.7. The summed E-state index contributed by atoms with van der Waals surface area (Å²) >= 11 is 0. The molecule has 0 radical (unpaired) electrons. The molecule has 11 rings (SSSR count). The number of aromatic nitrogens is 4. The van der Waals surface area contributed by atoms with E-state index in [1.165, 1.54) is 21.5 Å². The maximum atomic E-state index is 4.93. The normalized spacial score (nSPS) is 11.7. The zero-order valence-corrected chi connectivity index (χ0v) is 29.1. The van der Waals surface area contributed by atoms with Gasteiger partial charge in [0.1, 0.15) is 0 Å². The first kappa shape index (κ1) is 30.3. The lowest BCUT2D eigenvalue weighted by molar-refractivity contribution is 1.37. The summed E-state index contributed by atoms with van der Waals surface area (Å²) in [5, 5.41) is 9.19. The van der Waals surface area contributed by atoms with Gasteiger partial charge < -0.3 is 0 Å². The predicted molar refractivity (Wildman–Crippen MR) is 224 cm³/mol. The van der Waals surface area contributed by atoms with Gasteiger partial charge in [-0.3, -0.25) is 19.9 Å². The fourth-order valence-corrected chi connectivity index (χ4v) is 7.91. The maximum Gasteiger partial charge on any atom is 0.0965 e. The van der Waals surface area contributed by atoms with Gasteiger partial charge in [0.05, 0.1) is 22.1 Å². The molecule has 11 aromatic rings. The topological polar surface area (TPSA) is 51.6 Å². The van der Waals surface area contributed by atoms with Gasteiger partial charge in [0.2, 0.25) is 0 Å². The van der Waals surface area contributed by atoms with Gasteiger partial charge in [0.15, 0.2) is 0 Å². The lowest BCUT2D eigenvalue weighted by Gasteiger charge is -2.11. The fourth-order valence-electron chi connectivity index (χ4n) is 7.91. The van der Waals surface area contributed by atoms with E-state index in [1.807, 2.05) is 36.9 Å². The Morgan fingerprint density at radius 2 is 0.519 bits per heavy atom. The van der Waals surface area contributed by atoms with Gasteiger partial charge in [-0.1, -0.05) is 121 Å². The zero-order valence-electron chi connectivity index (χ0n) is 29.1. The van der Waals surface area contributed by atoms with Crippen LogP contribution < -0.4 is 0 Å². The summed E-state index contributed by atoms with van der Waals surface area (Å²) in [6.45, 7) is 0. The maximum absolute atomic E-state index is 4.93. The molecule has 4 aromatic heterocycles. The van der Waals surface area contributed by atoms with E-state index in [0.717, 1.165) is 88.1 Å². The molecule has 0 amide bonds. The van der Waals surface area contributed by atoms with Gasteiger partial charge in [-0.15, -0.1) is 0 Å². The standard InChI is InChI=1S/C50H30N4/c1-3-7-31(8-4-1)41-23-37-13-15-39-25-43(29-53-49(39)47(37)51-27-41)33-17-19-45-35(21-33)11-12-36-22-34(18-20-46(36)45)44-26-40-16-14-38-24-42(32-9-5-2-6-10-32)28-52-48(38)50(40)54-30-44/h1-30H. The highest BCUT2D eigenvalue weighted by Gasteiger charge is 2.12. The summed E-state index contributed by atoms with van der Waals surface area (Å²) in [5.74, 6) is 0. The Bertz CT molecular complexity index is 3040. The van der Waals surface area contributed by atoms with Crippen LogP contribution in [0.15, 0.2) is 183 Å². The Labute approximate surface area is 311 Å². The van der Waals surface area contributed by atoms with Crippen molar-refractivity contribution < 1.29 is 0 Å². The van der Waals surface area contributed by atoms with Crippen molar-refractivity contribution in [1.29, 1.82) is 0 Å². The van der Waals surface area contributed by atoms with Crippen LogP contribution in [0.2, 0.25) is 0 Å². The van der Waals surface area contributed by atoms with Crippen molar-refractivity contribution in [2.75, 3.05) is 0 Å². The van der Waals surface area contributed by atoms with Crippen LogP contribution >= 0.6 is 0 Å². The fraction of sp³-hybridized carbons (Fsp3) is 0. The first-order valence-corrected chi connectivity index (χ1v) is 18.2. The van der Waals surface area contributed by atoms with E-state index in [9.17, 15) is 0 Å². The number of nitrogens with zero attached hydrogens (tertiary/aromatic N) is 4. The van der Waals surface area contributed by atoms with Crippen molar-refractivity contribution in [2.45, 2.75) is 0 Å². The minimum absolute atomic E-state index is 0.919. The molecule has 0 aliphatic heterocycles. The average Bonchev–Trinajstić information content (AvgIpc) is 3.25. The number of hydrogen-bond acceptors (Lipinski definition) is 4. The van der Waals surface area contributed by atoms with Crippen LogP contribution in [0.4, 0.5) is 0 Å². The monoisotopic (exact) mass is 686 g/mol. The van der Waals surface area contributed by atoms with Crippen molar-refractivity contribution in [1.82, 2.24) is 19.9 Å². The third-order valence-corrected chi connectivity index (χ3v) is 10.7. The van der Waals surface area contributed by atoms with Gasteiger partial charge in [0, 0.05) is 68.6 Å². The van der Waals surface area contributed by atoms with E-state index in [2.05, 4.69) is 146 Å². The Morgan fingerprint density at radius 3 is 0.870 bits per heavy atom. The van der Waals surface area contributed by atoms with Crippen molar-refractivity contribution in [3.63, 3.8) is 0 Å². The van der Waals surface area contributed by atoms with Crippen LogP contribution in [0.3, 0.4) is 0 Å². The van der Waals surface area contributed by atoms with E-state index in [4.69, 9.17) is 19.9 Å². The predicted octanol–water partition coefficient (Wildman–Crippen LogP) is 12.9. The van der Waals surface area contributed by atoms with Gasteiger partial charge in [-0.05, 0) is 80.2 Å². The quantitative estimate of drug-likeness (QED) is 0.173.